The summed E-state index contributed by atoms with van der Waals surface area (Å²) in [5, 5.41) is 0.587. The zero-order valence-corrected chi connectivity index (χ0v) is 21.7. The maximum atomic E-state index is 14.3. The maximum absolute atomic E-state index is 14.3. The fraction of sp³-hybridized carbons (Fsp3) is 0.393. The number of halogens is 1. The standard InChI is InChI=1S/C28H27ClO3S2/c1-27(2)15-22(31)28(23(32)16-27)20(17-8-10-19(29)11-9-17)14-21(30)24(26-33-12-13-34-26)25(28)18-6-4-3-5-7-18/h3-11,20,25H,12-16H2,1-2H3/t20-,25-/m1/s1. The second-order valence-corrected chi connectivity index (χ2v) is 13.1. The van der Waals surface area contributed by atoms with E-state index in [1.54, 1.807) is 35.7 Å². The number of carbonyl (C=O) groups is 3. The van der Waals surface area contributed by atoms with Gasteiger partial charge in [-0.25, -0.2) is 0 Å². The summed E-state index contributed by atoms with van der Waals surface area (Å²) in [6, 6.07) is 17.0. The quantitative estimate of drug-likeness (QED) is 0.328. The van der Waals surface area contributed by atoms with Crippen molar-refractivity contribution in [3.05, 3.63) is 80.6 Å². The van der Waals surface area contributed by atoms with Crippen LogP contribution in [-0.4, -0.2) is 28.9 Å². The highest BCUT2D eigenvalue weighted by Crippen LogP contribution is 2.63. The van der Waals surface area contributed by atoms with E-state index in [1.807, 2.05) is 56.3 Å². The molecule has 1 heterocycles. The highest BCUT2D eigenvalue weighted by molar-refractivity contribution is 8.25. The third-order valence-corrected chi connectivity index (χ3v) is 10.4. The highest BCUT2D eigenvalue weighted by atomic mass is 35.5. The normalized spacial score (nSPS) is 26.4. The van der Waals surface area contributed by atoms with E-state index < -0.39 is 22.7 Å². The minimum absolute atomic E-state index is 0.0406. The van der Waals surface area contributed by atoms with Crippen molar-refractivity contribution in [3.8, 4) is 0 Å². The van der Waals surface area contributed by atoms with Crippen LogP contribution in [0.4, 0.5) is 0 Å². The molecule has 0 unspecified atom stereocenters. The molecule has 0 bridgehead atoms. The van der Waals surface area contributed by atoms with Gasteiger partial charge in [0.25, 0.3) is 0 Å². The van der Waals surface area contributed by atoms with Gasteiger partial charge < -0.3 is 0 Å². The van der Waals surface area contributed by atoms with Crippen molar-refractivity contribution in [3.63, 3.8) is 0 Å². The number of hydrogen-bond acceptors (Lipinski definition) is 5. The monoisotopic (exact) mass is 510 g/mol. The van der Waals surface area contributed by atoms with E-state index in [0.29, 0.717) is 23.4 Å². The first-order chi connectivity index (χ1) is 16.2. The fourth-order valence-electron chi connectivity index (χ4n) is 5.99. The first kappa shape index (κ1) is 23.9. The zero-order valence-electron chi connectivity index (χ0n) is 19.3. The Morgan fingerprint density at radius 2 is 1.41 bits per heavy atom. The summed E-state index contributed by atoms with van der Waals surface area (Å²) in [4.78, 5) is 42.5. The number of Topliss-reactive ketones (excluding diaryl/α,β-unsaturated/α-hetero) is 3. The van der Waals surface area contributed by atoms with E-state index in [2.05, 4.69) is 0 Å². The van der Waals surface area contributed by atoms with Crippen molar-refractivity contribution in [2.45, 2.75) is 44.9 Å². The Labute approximate surface area is 214 Å². The van der Waals surface area contributed by atoms with E-state index in [-0.39, 0.29) is 23.8 Å². The van der Waals surface area contributed by atoms with Crippen LogP contribution < -0.4 is 0 Å². The summed E-state index contributed by atoms with van der Waals surface area (Å²) < 4.78 is 0.984. The van der Waals surface area contributed by atoms with Gasteiger partial charge >= 0.3 is 0 Å². The van der Waals surface area contributed by atoms with Gasteiger partial charge in [0.05, 0.1) is 0 Å². The molecule has 1 spiro atoms. The Hall–Kier alpha value is -1.82. The fourth-order valence-corrected chi connectivity index (χ4v) is 8.76. The molecule has 2 saturated carbocycles. The summed E-state index contributed by atoms with van der Waals surface area (Å²) in [5.74, 6) is 0.727. The van der Waals surface area contributed by atoms with Crippen LogP contribution in [0.5, 0.6) is 0 Å². The topological polar surface area (TPSA) is 51.2 Å². The second kappa shape index (κ2) is 9.00. The molecule has 0 N–H and O–H groups in total. The largest absolute Gasteiger partial charge is 0.299 e. The van der Waals surface area contributed by atoms with E-state index in [9.17, 15) is 14.4 Å². The number of hydrogen-bond donors (Lipinski definition) is 0. The molecular formula is C28H27ClO3S2. The van der Waals surface area contributed by atoms with Crippen LogP contribution in [0.3, 0.4) is 0 Å². The lowest BCUT2D eigenvalue weighted by Crippen LogP contribution is -2.58. The number of allylic oxidation sites excluding steroid dienone is 1. The molecule has 3 nitrogen and oxygen atoms in total. The maximum Gasteiger partial charge on any atom is 0.161 e. The van der Waals surface area contributed by atoms with Gasteiger partial charge in [-0.05, 0) is 28.7 Å². The lowest BCUT2D eigenvalue weighted by molar-refractivity contribution is -0.153. The van der Waals surface area contributed by atoms with Crippen molar-refractivity contribution >= 4 is 52.5 Å². The molecule has 2 atom stereocenters. The molecule has 2 aromatic carbocycles. The summed E-state index contributed by atoms with van der Waals surface area (Å²) in [5.41, 5.74) is 0.675. The van der Waals surface area contributed by atoms with Gasteiger partial charge in [0.1, 0.15) is 17.0 Å². The molecule has 6 heteroatoms. The van der Waals surface area contributed by atoms with Gasteiger partial charge in [-0.3, -0.25) is 14.4 Å². The van der Waals surface area contributed by atoms with Gasteiger partial charge in [0.2, 0.25) is 0 Å². The molecule has 1 aliphatic heterocycles. The SMILES string of the molecule is CC1(C)CC(=O)C2(C(=O)C1)[C@@H](c1ccc(Cl)cc1)CC(=O)C(=C1SCCS1)[C@H]2c1ccccc1. The number of rotatable bonds is 2. The molecule has 176 valence electrons. The van der Waals surface area contributed by atoms with Crippen molar-refractivity contribution in [1.82, 2.24) is 0 Å². The molecule has 0 amide bonds. The van der Waals surface area contributed by atoms with Crippen LogP contribution in [0.25, 0.3) is 0 Å². The highest BCUT2D eigenvalue weighted by Gasteiger charge is 2.65. The Bertz CT molecular complexity index is 1160. The Kier molecular flexibility index (Phi) is 6.33. The number of thioether (sulfide) groups is 2. The molecule has 34 heavy (non-hydrogen) atoms. The van der Waals surface area contributed by atoms with E-state index in [4.69, 9.17) is 11.6 Å². The van der Waals surface area contributed by atoms with Crippen molar-refractivity contribution in [1.29, 1.82) is 0 Å². The smallest absolute Gasteiger partial charge is 0.161 e. The lowest BCUT2D eigenvalue weighted by Gasteiger charge is -2.52. The van der Waals surface area contributed by atoms with Gasteiger partial charge in [-0.15, -0.1) is 23.5 Å². The van der Waals surface area contributed by atoms with Gasteiger partial charge in [-0.2, -0.15) is 0 Å². The average Bonchev–Trinajstić information content (AvgIpc) is 3.32. The molecule has 3 fully saturated rings. The van der Waals surface area contributed by atoms with Crippen LogP contribution in [-0.2, 0) is 14.4 Å². The Balaban J connectivity index is 1.81. The molecule has 3 aliphatic rings. The third-order valence-electron chi connectivity index (χ3n) is 7.36. The van der Waals surface area contributed by atoms with E-state index >= 15 is 0 Å². The zero-order chi connectivity index (χ0) is 24.1. The minimum atomic E-state index is -1.30. The van der Waals surface area contributed by atoms with Crippen LogP contribution in [0.1, 0.15) is 56.1 Å². The van der Waals surface area contributed by atoms with Crippen LogP contribution in [0.15, 0.2) is 64.4 Å². The summed E-state index contributed by atoms with van der Waals surface area (Å²) in [6.07, 6.45) is 0.801. The Morgan fingerprint density at radius 1 is 0.824 bits per heavy atom. The van der Waals surface area contributed by atoms with E-state index in [0.717, 1.165) is 26.9 Å². The molecule has 5 rings (SSSR count). The summed E-state index contributed by atoms with van der Waals surface area (Å²) in [6.45, 7) is 3.97. The summed E-state index contributed by atoms with van der Waals surface area (Å²) >= 11 is 9.53. The first-order valence-electron chi connectivity index (χ1n) is 11.6. The molecule has 0 aromatic heterocycles. The third kappa shape index (κ3) is 3.90. The van der Waals surface area contributed by atoms with Crippen molar-refractivity contribution in [2.24, 2.45) is 10.8 Å². The lowest BCUT2D eigenvalue weighted by atomic mass is 9.47. The molecule has 2 aliphatic carbocycles. The van der Waals surface area contributed by atoms with Gasteiger partial charge in [0, 0.05) is 57.4 Å². The number of ketones is 3. The minimum Gasteiger partial charge on any atom is -0.299 e. The molecule has 2 aromatic rings. The van der Waals surface area contributed by atoms with Crippen molar-refractivity contribution in [2.75, 3.05) is 11.5 Å². The molecule has 0 radical (unpaired) electrons. The molecular weight excluding hydrogens is 484 g/mol. The van der Waals surface area contributed by atoms with Gasteiger partial charge in [-0.1, -0.05) is 67.9 Å². The van der Waals surface area contributed by atoms with Crippen molar-refractivity contribution < 1.29 is 14.4 Å². The second-order valence-electron chi connectivity index (χ2n) is 10.2. The first-order valence-corrected chi connectivity index (χ1v) is 14.0. The van der Waals surface area contributed by atoms with Crippen LogP contribution in [0, 0.1) is 10.8 Å². The van der Waals surface area contributed by atoms with Crippen LogP contribution in [0.2, 0.25) is 5.02 Å². The predicted molar refractivity (Wildman–Crippen MR) is 140 cm³/mol. The van der Waals surface area contributed by atoms with Gasteiger partial charge in [0.15, 0.2) is 5.78 Å². The predicted octanol–water partition coefficient (Wildman–Crippen LogP) is 6.82. The average molecular weight is 511 g/mol. The van der Waals surface area contributed by atoms with Crippen LogP contribution >= 0.6 is 35.1 Å². The molecule has 1 saturated heterocycles. The Morgan fingerprint density at radius 3 is 2.00 bits per heavy atom. The summed E-state index contributed by atoms with van der Waals surface area (Å²) in [7, 11) is 0. The number of carbonyl (C=O) groups excluding carboxylic acids is 3. The van der Waals surface area contributed by atoms with E-state index in [1.165, 1.54) is 0 Å². The number of benzene rings is 2.